The Morgan fingerprint density at radius 1 is 1.30 bits per heavy atom. The Bertz CT molecular complexity index is 106. The van der Waals surface area contributed by atoms with Gasteiger partial charge in [0.15, 0.2) is 0 Å². The van der Waals surface area contributed by atoms with Gasteiger partial charge in [0, 0.05) is 19.2 Å². The van der Waals surface area contributed by atoms with Crippen molar-refractivity contribution in [1.29, 1.82) is 0 Å². The first-order valence-corrected chi connectivity index (χ1v) is 4.26. The van der Waals surface area contributed by atoms with E-state index in [1.807, 2.05) is 0 Å². The largest absolute Gasteiger partial charge is 0.381 e. The molecule has 1 N–H and O–H groups in total. The van der Waals surface area contributed by atoms with Crippen molar-refractivity contribution >= 4 is 0 Å². The quantitative estimate of drug-likeness (QED) is 0.627. The second-order valence-electron chi connectivity index (χ2n) is 3.41. The molecule has 1 aliphatic heterocycles. The Morgan fingerprint density at radius 2 is 2.20 bits per heavy atom. The molecule has 1 atom stereocenters. The zero-order chi connectivity index (χ0) is 6.81. The molecule has 0 unspecified atom stereocenters. The van der Waals surface area contributed by atoms with Gasteiger partial charge in [-0.2, -0.15) is 0 Å². The molecule has 0 aromatic heterocycles. The number of hydrogen-bond donors (Lipinski definition) is 1. The van der Waals surface area contributed by atoms with Crippen molar-refractivity contribution in [2.24, 2.45) is 5.92 Å². The predicted octanol–water partition coefficient (Wildman–Crippen LogP) is 0.775. The first-order valence-electron chi connectivity index (χ1n) is 4.26. The molecule has 0 radical (unpaired) electrons. The Morgan fingerprint density at radius 3 is 2.80 bits per heavy atom. The van der Waals surface area contributed by atoms with Crippen molar-refractivity contribution in [1.82, 2.24) is 5.32 Å². The van der Waals surface area contributed by atoms with Gasteiger partial charge in [-0.05, 0) is 25.2 Å². The molecular weight excluding hydrogens is 126 g/mol. The Hall–Kier alpha value is -0.0800. The van der Waals surface area contributed by atoms with E-state index in [0.717, 1.165) is 25.2 Å². The maximum Gasteiger partial charge on any atom is 0.0507 e. The minimum absolute atomic E-state index is 0.806. The Labute approximate surface area is 61.9 Å². The van der Waals surface area contributed by atoms with Crippen molar-refractivity contribution in [3.05, 3.63) is 0 Å². The molecule has 0 aromatic rings. The number of ether oxygens (including phenoxy) is 1. The molecule has 1 saturated heterocycles. The summed E-state index contributed by atoms with van der Waals surface area (Å²) in [5.41, 5.74) is 0. The molecule has 1 saturated carbocycles. The summed E-state index contributed by atoms with van der Waals surface area (Å²) >= 11 is 0. The molecule has 2 rings (SSSR count). The minimum Gasteiger partial charge on any atom is -0.381 e. The highest BCUT2D eigenvalue weighted by molar-refractivity contribution is 4.82. The van der Waals surface area contributed by atoms with Crippen LogP contribution in [0.4, 0.5) is 0 Å². The van der Waals surface area contributed by atoms with Gasteiger partial charge < -0.3 is 10.1 Å². The molecule has 0 bridgehead atoms. The molecule has 2 fully saturated rings. The lowest BCUT2D eigenvalue weighted by Crippen LogP contribution is -2.24. The molecule has 2 heteroatoms. The minimum atomic E-state index is 0.806. The van der Waals surface area contributed by atoms with Crippen LogP contribution in [-0.2, 0) is 4.74 Å². The van der Waals surface area contributed by atoms with Crippen LogP contribution in [0.1, 0.15) is 19.3 Å². The first-order chi connectivity index (χ1) is 4.95. The summed E-state index contributed by atoms with van der Waals surface area (Å²) in [5.74, 6) is 0.806. The van der Waals surface area contributed by atoms with Gasteiger partial charge in [-0.3, -0.25) is 0 Å². The smallest absolute Gasteiger partial charge is 0.0507 e. The van der Waals surface area contributed by atoms with Crippen LogP contribution in [0, 0.1) is 5.92 Å². The van der Waals surface area contributed by atoms with Gasteiger partial charge in [0.2, 0.25) is 0 Å². The van der Waals surface area contributed by atoms with Crippen LogP contribution in [0.2, 0.25) is 0 Å². The fourth-order valence-electron chi connectivity index (χ4n) is 1.37. The first kappa shape index (κ1) is 6.62. The lowest BCUT2D eigenvalue weighted by Gasteiger charge is -2.06. The zero-order valence-corrected chi connectivity index (χ0v) is 6.31. The summed E-state index contributed by atoms with van der Waals surface area (Å²) in [6.07, 6.45) is 4.06. The van der Waals surface area contributed by atoms with Crippen LogP contribution < -0.4 is 5.32 Å². The van der Waals surface area contributed by atoms with Gasteiger partial charge in [0.05, 0.1) is 6.61 Å². The fourth-order valence-corrected chi connectivity index (χ4v) is 1.37. The molecule has 1 heterocycles. The van der Waals surface area contributed by atoms with Gasteiger partial charge in [-0.25, -0.2) is 0 Å². The molecule has 0 aromatic carbocycles. The van der Waals surface area contributed by atoms with Crippen molar-refractivity contribution in [2.45, 2.75) is 25.3 Å². The van der Waals surface area contributed by atoms with E-state index >= 15 is 0 Å². The average molecular weight is 141 g/mol. The SMILES string of the molecule is C1C[C@@H](CNC2CC2)CO1. The van der Waals surface area contributed by atoms with Crippen LogP contribution in [0.25, 0.3) is 0 Å². The molecule has 10 heavy (non-hydrogen) atoms. The van der Waals surface area contributed by atoms with Crippen molar-refractivity contribution in [3.63, 3.8) is 0 Å². The van der Waals surface area contributed by atoms with E-state index in [2.05, 4.69) is 5.32 Å². The molecule has 0 spiro atoms. The Balaban J connectivity index is 1.59. The van der Waals surface area contributed by atoms with Gasteiger partial charge in [0.1, 0.15) is 0 Å². The molecular formula is C8H15NO. The second kappa shape index (κ2) is 2.89. The van der Waals surface area contributed by atoms with Crippen molar-refractivity contribution < 1.29 is 4.74 Å². The maximum atomic E-state index is 5.27. The highest BCUT2D eigenvalue weighted by atomic mass is 16.5. The predicted molar refractivity (Wildman–Crippen MR) is 40.0 cm³/mol. The average Bonchev–Trinajstić information content (AvgIpc) is 2.63. The van der Waals surface area contributed by atoms with Crippen molar-refractivity contribution in [2.75, 3.05) is 19.8 Å². The summed E-state index contributed by atoms with van der Waals surface area (Å²) < 4.78 is 5.27. The third kappa shape index (κ3) is 1.70. The van der Waals surface area contributed by atoms with E-state index < -0.39 is 0 Å². The van der Waals surface area contributed by atoms with Crippen molar-refractivity contribution in [3.8, 4) is 0 Å². The highest BCUT2D eigenvalue weighted by Gasteiger charge is 2.23. The second-order valence-corrected chi connectivity index (χ2v) is 3.41. The Kier molecular flexibility index (Phi) is 1.91. The molecule has 2 aliphatic rings. The summed E-state index contributed by atoms with van der Waals surface area (Å²) in [4.78, 5) is 0. The van der Waals surface area contributed by atoms with Gasteiger partial charge in [-0.1, -0.05) is 0 Å². The summed E-state index contributed by atoms with van der Waals surface area (Å²) in [6, 6.07) is 0.862. The van der Waals surface area contributed by atoms with Crippen LogP contribution in [-0.4, -0.2) is 25.8 Å². The number of nitrogens with one attached hydrogen (secondary N) is 1. The summed E-state index contributed by atoms with van der Waals surface area (Å²) in [5, 5.41) is 3.52. The third-order valence-electron chi connectivity index (χ3n) is 2.30. The molecule has 2 nitrogen and oxygen atoms in total. The fraction of sp³-hybridized carbons (Fsp3) is 1.00. The van der Waals surface area contributed by atoms with Gasteiger partial charge >= 0.3 is 0 Å². The van der Waals surface area contributed by atoms with Crippen LogP contribution in [0.15, 0.2) is 0 Å². The number of hydrogen-bond acceptors (Lipinski definition) is 2. The van der Waals surface area contributed by atoms with Crippen LogP contribution in [0.3, 0.4) is 0 Å². The van der Waals surface area contributed by atoms with Gasteiger partial charge in [-0.15, -0.1) is 0 Å². The lowest BCUT2D eigenvalue weighted by atomic mass is 10.1. The normalized spacial score (nSPS) is 33.0. The highest BCUT2D eigenvalue weighted by Crippen LogP contribution is 2.20. The lowest BCUT2D eigenvalue weighted by molar-refractivity contribution is 0.185. The summed E-state index contributed by atoms with van der Waals surface area (Å²) in [7, 11) is 0. The topological polar surface area (TPSA) is 21.3 Å². The third-order valence-corrected chi connectivity index (χ3v) is 2.30. The molecule has 0 amide bonds. The van der Waals surface area contributed by atoms with E-state index in [1.165, 1.54) is 25.8 Å². The van der Waals surface area contributed by atoms with E-state index in [-0.39, 0.29) is 0 Å². The van der Waals surface area contributed by atoms with E-state index in [9.17, 15) is 0 Å². The zero-order valence-electron chi connectivity index (χ0n) is 6.31. The van der Waals surface area contributed by atoms with E-state index in [0.29, 0.717) is 0 Å². The summed E-state index contributed by atoms with van der Waals surface area (Å²) in [6.45, 7) is 3.15. The maximum absolute atomic E-state index is 5.27. The molecule has 58 valence electrons. The standard InChI is InChI=1S/C8H15NO/c1-2-8(1)9-5-7-3-4-10-6-7/h7-9H,1-6H2/t7-/m0/s1. The van der Waals surface area contributed by atoms with Gasteiger partial charge in [0.25, 0.3) is 0 Å². The van der Waals surface area contributed by atoms with Crippen LogP contribution >= 0.6 is 0 Å². The number of rotatable bonds is 3. The monoisotopic (exact) mass is 141 g/mol. The van der Waals surface area contributed by atoms with Crippen LogP contribution in [0.5, 0.6) is 0 Å². The molecule has 1 aliphatic carbocycles. The van der Waals surface area contributed by atoms with E-state index in [1.54, 1.807) is 0 Å². The van der Waals surface area contributed by atoms with E-state index in [4.69, 9.17) is 4.74 Å².